The number of fused-ring (bicyclic) bond motifs is 1. The van der Waals surface area contributed by atoms with Gasteiger partial charge in [-0.25, -0.2) is 0 Å². The summed E-state index contributed by atoms with van der Waals surface area (Å²) in [6.07, 6.45) is 1.80. The molecule has 0 spiro atoms. The van der Waals surface area contributed by atoms with Crippen LogP contribution in [-0.2, 0) is 0 Å². The van der Waals surface area contributed by atoms with Crippen LogP contribution < -0.4 is 5.73 Å². The van der Waals surface area contributed by atoms with Crippen molar-refractivity contribution in [1.29, 1.82) is 0 Å². The van der Waals surface area contributed by atoms with E-state index < -0.39 is 0 Å². The van der Waals surface area contributed by atoms with E-state index in [-0.39, 0.29) is 6.04 Å². The molecule has 1 atom stereocenters. The summed E-state index contributed by atoms with van der Waals surface area (Å²) in [6.45, 7) is 1.97. The van der Waals surface area contributed by atoms with Crippen LogP contribution in [0.3, 0.4) is 0 Å². The van der Waals surface area contributed by atoms with Gasteiger partial charge in [-0.05, 0) is 42.8 Å². The summed E-state index contributed by atoms with van der Waals surface area (Å²) in [7, 11) is 0. The molecule has 0 aliphatic rings. The van der Waals surface area contributed by atoms with Crippen molar-refractivity contribution >= 4 is 10.9 Å². The zero-order valence-corrected chi connectivity index (χ0v) is 10.7. The van der Waals surface area contributed by atoms with Gasteiger partial charge in [-0.2, -0.15) is 0 Å². The van der Waals surface area contributed by atoms with E-state index in [2.05, 4.69) is 16.0 Å². The molecule has 19 heavy (non-hydrogen) atoms. The van der Waals surface area contributed by atoms with Crippen LogP contribution in [-0.4, -0.2) is 9.97 Å². The standard InChI is InChI=1S/C16H15N3/c1-11-4-2-6-15(19-11)16(17)13-7-8-14-12(10-13)5-3-9-18-14/h2-10,16H,17H2,1H3. The van der Waals surface area contributed by atoms with Gasteiger partial charge in [0.2, 0.25) is 0 Å². The highest BCUT2D eigenvalue weighted by atomic mass is 14.8. The molecule has 94 valence electrons. The molecule has 0 aliphatic carbocycles. The third-order valence-corrected chi connectivity index (χ3v) is 3.21. The van der Waals surface area contributed by atoms with Gasteiger partial charge in [0.1, 0.15) is 0 Å². The lowest BCUT2D eigenvalue weighted by atomic mass is 10.0. The number of aryl methyl sites for hydroxylation is 1. The third kappa shape index (κ3) is 2.33. The van der Waals surface area contributed by atoms with E-state index in [1.165, 1.54) is 0 Å². The fourth-order valence-corrected chi connectivity index (χ4v) is 2.20. The van der Waals surface area contributed by atoms with Crippen molar-refractivity contribution in [2.75, 3.05) is 0 Å². The van der Waals surface area contributed by atoms with Crippen molar-refractivity contribution in [2.45, 2.75) is 13.0 Å². The largest absolute Gasteiger partial charge is 0.319 e. The maximum absolute atomic E-state index is 6.29. The molecule has 3 nitrogen and oxygen atoms in total. The Bertz CT molecular complexity index is 722. The lowest BCUT2D eigenvalue weighted by molar-refractivity contribution is 0.823. The number of pyridine rings is 2. The zero-order valence-electron chi connectivity index (χ0n) is 10.7. The molecule has 2 aromatic heterocycles. The van der Waals surface area contributed by atoms with E-state index >= 15 is 0 Å². The second-order valence-electron chi connectivity index (χ2n) is 4.64. The van der Waals surface area contributed by atoms with Gasteiger partial charge < -0.3 is 5.73 Å². The number of hydrogen-bond acceptors (Lipinski definition) is 3. The number of nitrogens with zero attached hydrogens (tertiary/aromatic N) is 2. The van der Waals surface area contributed by atoms with Gasteiger partial charge in [0.25, 0.3) is 0 Å². The Hall–Kier alpha value is -2.26. The molecule has 3 heteroatoms. The number of benzene rings is 1. The Morgan fingerprint density at radius 3 is 2.79 bits per heavy atom. The van der Waals surface area contributed by atoms with Crippen LogP contribution in [0.2, 0.25) is 0 Å². The van der Waals surface area contributed by atoms with Crippen LogP contribution in [0.5, 0.6) is 0 Å². The Morgan fingerprint density at radius 2 is 1.95 bits per heavy atom. The molecule has 2 N–H and O–H groups in total. The molecule has 0 saturated heterocycles. The molecular weight excluding hydrogens is 234 g/mol. The highest BCUT2D eigenvalue weighted by Crippen LogP contribution is 2.21. The van der Waals surface area contributed by atoms with E-state index in [9.17, 15) is 0 Å². The Balaban J connectivity index is 2.04. The van der Waals surface area contributed by atoms with E-state index in [1.807, 2.05) is 49.4 Å². The van der Waals surface area contributed by atoms with Crippen molar-refractivity contribution in [3.05, 3.63) is 71.7 Å². The van der Waals surface area contributed by atoms with Crippen molar-refractivity contribution < 1.29 is 0 Å². The highest BCUT2D eigenvalue weighted by Gasteiger charge is 2.10. The molecule has 1 aromatic carbocycles. The molecule has 3 aromatic rings. The van der Waals surface area contributed by atoms with Crippen molar-refractivity contribution in [2.24, 2.45) is 5.73 Å². The Morgan fingerprint density at radius 1 is 1.05 bits per heavy atom. The minimum absolute atomic E-state index is 0.204. The molecule has 3 rings (SSSR count). The normalized spacial score (nSPS) is 12.5. The predicted octanol–water partition coefficient (Wildman–Crippen LogP) is 2.99. The van der Waals surface area contributed by atoms with E-state index in [0.717, 1.165) is 27.9 Å². The van der Waals surface area contributed by atoms with E-state index in [0.29, 0.717) is 0 Å². The monoisotopic (exact) mass is 249 g/mol. The van der Waals surface area contributed by atoms with E-state index in [4.69, 9.17) is 5.73 Å². The topological polar surface area (TPSA) is 51.8 Å². The summed E-state index contributed by atoms with van der Waals surface area (Å²) < 4.78 is 0. The van der Waals surface area contributed by atoms with Gasteiger partial charge in [-0.1, -0.05) is 18.2 Å². The summed E-state index contributed by atoms with van der Waals surface area (Å²) >= 11 is 0. The van der Waals surface area contributed by atoms with Gasteiger partial charge in [0.15, 0.2) is 0 Å². The first-order valence-corrected chi connectivity index (χ1v) is 6.28. The maximum atomic E-state index is 6.29. The van der Waals surface area contributed by atoms with Gasteiger partial charge >= 0.3 is 0 Å². The van der Waals surface area contributed by atoms with Gasteiger partial charge in [-0.15, -0.1) is 0 Å². The second-order valence-corrected chi connectivity index (χ2v) is 4.64. The first-order chi connectivity index (χ1) is 9.24. The maximum Gasteiger partial charge on any atom is 0.0726 e. The average molecular weight is 249 g/mol. The Kier molecular flexibility index (Phi) is 2.97. The molecule has 0 saturated carbocycles. The van der Waals surface area contributed by atoms with Crippen LogP contribution in [0, 0.1) is 6.92 Å². The molecule has 2 heterocycles. The molecule has 0 aliphatic heterocycles. The molecule has 0 radical (unpaired) electrons. The predicted molar refractivity (Wildman–Crippen MR) is 76.7 cm³/mol. The summed E-state index contributed by atoms with van der Waals surface area (Å²) in [5.74, 6) is 0. The van der Waals surface area contributed by atoms with Crippen LogP contribution in [0.15, 0.2) is 54.7 Å². The number of nitrogens with two attached hydrogens (primary N) is 1. The fraction of sp³-hybridized carbons (Fsp3) is 0.125. The van der Waals surface area contributed by atoms with Crippen LogP contribution in [0.25, 0.3) is 10.9 Å². The second kappa shape index (κ2) is 4.78. The van der Waals surface area contributed by atoms with Crippen LogP contribution in [0.1, 0.15) is 23.0 Å². The molecule has 1 unspecified atom stereocenters. The first kappa shape index (κ1) is 11.8. The minimum atomic E-state index is -0.204. The van der Waals surface area contributed by atoms with Gasteiger partial charge in [-0.3, -0.25) is 9.97 Å². The fourth-order valence-electron chi connectivity index (χ4n) is 2.20. The summed E-state index contributed by atoms with van der Waals surface area (Å²) in [6, 6.07) is 15.8. The molecule has 0 bridgehead atoms. The van der Waals surface area contributed by atoms with Gasteiger partial charge in [0.05, 0.1) is 17.3 Å². The Labute approximate surface area is 112 Å². The summed E-state index contributed by atoms with van der Waals surface area (Å²) in [4.78, 5) is 8.80. The van der Waals surface area contributed by atoms with Crippen LogP contribution in [0.4, 0.5) is 0 Å². The lowest BCUT2D eigenvalue weighted by Gasteiger charge is -2.12. The van der Waals surface area contributed by atoms with Gasteiger partial charge in [0, 0.05) is 17.3 Å². The zero-order chi connectivity index (χ0) is 13.2. The SMILES string of the molecule is Cc1cccc(C(N)c2ccc3ncccc3c2)n1. The van der Waals surface area contributed by atoms with Crippen molar-refractivity contribution in [3.63, 3.8) is 0 Å². The quantitative estimate of drug-likeness (QED) is 0.759. The van der Waals surface area contributed by atoms with Crippen LogP contribution >= 0.6 is 0 Å². The average Bonchev–Trinajstić information content (AvgIpc) is 2.46. The number of aromatic nitrogens is 2. The van der Waals surface area contributed by atoms with Crippen molar-refractivity contribution in [1.82, 2.24) is 9.97 Å². The first-order valence-electron chi connectivity index (χ1n) is 6.28. The van der Waals surface area contributed by atoms with E-state index in [1.54, 1.807) is 6.20 Å². The van der Waals surface area contributed by atoms with Crippen molar-refractivity contribution in [3.8, 4) is 0 Å². The minimum Gasteiger partial charge on any atom is -0.319 e. The number of hydrogen-bond donors (Lipinski definition) is 1. The molecule has 0 fully saturated rings. The highest BCUT2D eigenvalue weighted by molar-refractivity contribution is 5.79. The molecular formula is C16H15N3. The smallest absolute Gasteiger partial charge is 0.0726 e. The number of rotatable bonds is 2. The third-order valence-electron chi connectivity index (χ3n) is 3.21. The lowest BCUT2D eigenvalue weighted by Crippen LogP contribution is -2.13. The summed E-state index contributed by atoms with van der Waals surface area (Å²) in [5.41, 5.74) is 10.2. The summed E-state index contributed by atoms with van der Waals surface area (Å²) in [5, 5.41) is 1.10. The molecule has 0 amide bonds.